The molecular weight excluding hydrogens is 398 g/mol. The zero-order chi connectivity index (χ0) is 22.2. The highest BCUT2D eigenvalue weighted by Gasteiger charge is 2.07. The van der Waals surface area contributed by atoms with E-state index in [4.69, 9.17) is 4.99 Å². The van der Waals surface area contributed by atoms with Gasteiger partial charge in [0.15, 0.2) is 5.96 Å². The van der Waals surface area contributed by atoms with Crippen molar-refractivity contribution in [2.24, 2.45) is 4.99 Å². The van der Waals surface area contributed by atoms with Gasteiger partial charge < -0.3 is 15.2 Å². The number of aliphatic imine (C=N–C) groups is 1. The molecule has 0 aliphatic heterocycles. The molecule has 0 aliphatic rings. The Morgan fingerprint density at radius 1 is 1.00 bits per heavy atom. The van der Waals surface area contributed by atoms with Gasteiger partial charge in [0.1, 0.15) is 5.82 Å². The lowest BCUT2D eigenvalue weighted by Crippen LogP contribution is -2.38. The largest absolute Gasteiger partial charge is 0.357 e. The Bertz CT molecular complexity index is 1160. The summed E-state index contributed by atoms with van der Waals surface area (Å²) < 4.78 is 4.22. The molecule has 0 fully saturated rings. The molecule has 166 valence electrons. The van der Waals surface area contributed by atoms with Crippen LogP contribution in [0.15, 0.2) is 72.0 Å². The minimum absolute atomic E-state index is 0.623. The molecule has 2 heterocycles. The van der Waals surface area contributed by atoms with Crippen molar-refractivity contribution < 1.29 is 0 Å². The Labute approximate surface area is 189 Å². The first-order valence-electron chi connectivity index (χ1n) is 11.2. The highest BCUT2D eigenvalue weighted by molar-refractivity contribution is 5.79. The van der Waals surface area contributed by atoms with Crippen LogP contribution in [0.5, 0.6) is 0 Å². The maximum Gasteiger partial charge on any atom is 0.191 e. The molecule has 0 radical (unpaired) electrons. The average Bonchev–Trinajstić information content (AvgIpc) is 3.43. The number of hydrogen-bond acceptors (Lipinski definition) is 3. The molecule has 0 amide bonds. The second-order valence-corrected chi connectivity index (χ2v) is 7.75. The van der Waals surface area contributed by atoms with E-state index in [1.54, 1.807) is 0 Å². The second kappa shape index (κ2) is 10.6. The Hall–Kier alpha value is -3.61. The Morgan fingerprint density at radius 3 is 2.62 bits per heavy atom. The molecule has 32 heavy (non-hydrogen) atoms. The first-order valence-corrected chi connectivity index (χ1v) is 11.2. The quantitative estimate of drug-likeness (QED) is 0.242. The molecule has 7 nitrogen and oxygen atoms in total. The molecule has 0 unspecified atom stereocenters. The van der Waals surface area contributed by atoms with Gasteiger partial charge in [0.25, 0.3) is 0 Å². The van der Waals surface area contributed by atoms with Gasteiger partial charge >= 0.3 is 0 Å². The number of hydrogen-bond donors (Lipinski definition) is 2. The van der Waals surface area contributed by atoms with Crippen LogP contribution in [-0.2, 0) is 19.6 Å². The van der Waals surface area contributed by atoms with Crippen molar-refractivity contribution in [2.45, 2.75) is 39.9 Å². The first kappa shape index (κ1) is 21.6. The lowest BCUT2D eigenvalue weighted by molar-refractivity contribution is 0.624. The molecule has 2 aromatic carbocycles. The number of aromatic nitrogens is 4. The van der Waals surface area contributed by atoms with E-state index in [-0.39, 0.29) is 0 Å². The zero-order valence-electron chi connectivity index (χ0n) is 18.8. The fourth-order valence-electron chi connectivity index (χ4n) is 3.86. The summed E-state index contributed by atoms with van der Waals surface area (Å²) in [5.41, 5.74) is 4.69. The van der Waals surface area contributed by atoms with Crippen LogP contribution in [0.2, 0.25) is 0 Å². The fraction of sp³-hybridized carbons (Fsp3) is 0.320. The number of guanidine groups is 1. The van der Waals surface area contributed by atoms with Crippen molar-refractivity contribution in [3.05, 3.63) is 83.9 Å². The molecule has 0 bridgehead atoms. The van der Waals surface area contributed by atoms with E-state index in [1.807, 2.05) is 29.2 Å². The molecule has 0 spiro atoms. The normalized spacial score (nSPS) is 11.8. The highest BCUT2D eigenvalue weighted by atomic mass is 15.3. The van der Waals surface area contributed by atoms with E-state index in [1.165, 1.54) is 16.6 Å². The number of rotatable bonds is 9. The van der Waals surface area contributed by atoms with E-state index in [9.17, 15) is 0 Å². The maximum absolute atomic E-state index is 4.82. The Kier molecular flexibility index (Phi) is 7.17. The van der Waals surface area contributed by atoms with Crippen molar-refractivity contribution in [1.82, 2.24) is 30.0 Å². The number of nitrogens with zero attached hydrogens (tertiary/aromatic N) is 5. The van der Waals surface area contributed by atoms with Crippen molar-refractivity contribution in [1.29, 1.82) is 0 Å². The summed E-state index contributed by atoms with van der Waals surface area (Å²) >= 11 is 0. The molecule has 0 atom stereocenters. The third-order valence-electron chi connectivity index (χ3n) is 5.46. The number of imidazole rings is 1. The van der Waals surface area contributed by atoms with Crippen LogP contribution in [0, 0.1) is 6.92 Å². The summed E-state index contributed by atoms with van der Waals surface area (Å²) in [6.07, 6.45) is 4.78. The van der Waals surface area contributed by atoms with E-state index in [0.717, 1.165) is 49.9 Å². The van der Waals surface area contributed by atoms with Gasteiger partial charge in [-0.05, 0) is 49.6 Å². The van der Waals surface area contributed by atoms with E-state index >= 15 is 0 Å². The highest BCUT2D eigenvalue weighted by Crippen LogP contribution is 2.15. The molecule has 0 saturated carbocycles. The third-order valence-corrected chi connectivity index (χ3v) is 5.46. The molecule has 4 aromatic rings. The van der Waals surface area contributed by atoms with Crippen LogP contribution >= 0.6 is 0 Å². The van der Waals surface area contributed by atoms with Crippen molar-refractivity contribution in [2.75, 3.05) is 13.1 Å². The van der Waals surface area contributed by atoms with Crippen LogP contribution in [-0.4, -0.2) is 38.4 Å². The summed E-state index contributed by atoms with van der Waals surface area (Å²) in [5.74, 6) is 1.90. The Balaban J connectivity index is 1.35. The van der Waals surface area contributed by atoms with Crippen LogP contribution in [0.1, 0.15) is 30.3 Å². The SMILES string of the molecule is CCNC(=NCc1ccccc1Cn1cccn1)NCCCn1c(C)nc2ccccc21. The zero-order valence-corrected chi connectivity index (χ0v) is 18.8. The van der Waals surface area contributed by atoms with Crippen LogP contribution in [0.3, 0.4) is 0 Å². The standard InChI is InChI=1S/C25H31N7/c1-3-26-25(27-14-8-17-32-20(2)30-23-12-6-7-13-24(23)32)28-18-21-10-4-5-11-22(21)19-31-16-9-15-29-31/h4-7,9-13,15-16H,3,8,14,17-19H2,1-2H3,(H2,26,27,28). The monoisotopic (exact) mass is 429 g/mol. The van der Waals surface area contributed by atoms with Crippen LogP contribution < -0.4 is 10.6 Å². The number of nitrogens with one attached hydrogen (secondary N) is 2. The first-order chi connectivity index (χ1) is 15.7. The number of benzene rings is 2. The molecule has 0 saturated heterocycles. The Morgan fingerprint density at radius 2 is 1.81 bits per heavy atom. The summed E-state index contributed by atoms with van der Waals surface area (Å²) in [6, 6.07) is 18.7. The molecule has 2 N–H and O–H groups in total. The maximum atomic E-state index is 4.82. The van der Waals surface area contributed by atoms with Gasteiger partial charge in [0, 0.05) is 32.0 Å². The molecule has 7 heteroatoms. The summed E-state index contributed by atoms with van der Waals surface area (Å²) in [6.45, 7) is 8.12. The summed E-state index contributed by atoms with van der Waals surface area (Å²) in [5, 5.41) is 11.2. The lowest BCUT2D eigenvalue weighted by atomic mass is 10.1. The summed E-state index contributed by atoms with van der Waals surface area (Å²) in [4.78, 5) is 9.48. The molecule has 2 aromatic heterocycles. The van der Waals surface area contributed by atoms with Gasteiger partial charge in [-0.25, -0.2) is 9.98 Å². The van der Waals surface area contributed by atoms with Gasteiger partial charge in [0.2, 0.25) is 0 Å². The van der Waals surface area contributed by atoms with Gasteiger partial charge in [-0.1, -0.05) is 36.4 Å². The van der Waals surface area contributed by atoms with Crippen molar-refractivity contribution >= 4 is 17.0 Å². The van der Waals surface area contributed by atoms with Crippen molar-refractivity contribution in [3.8, 4) is 0 Å². The van der Waals surface area contributed by atoms with E-state index in [0.29, 0.717) is 6.54 Å². The molecule has 0 aliphatic carbocycles. The molecular formula is C25H31N7. The fourth-order valence-corrected chi connectivity index (χ4v) is 3.86. The van der Waals surface area contributed by atoms with E-state index in [2.05, 4.69) is 81.6 Å². The van der Waals surface area contributed by atoms with Crippen molar-refractivity contribution in [3.63, 3.8) is 0 Å². The van der Waals surface area contributed by atoms with Gasteiger partial charge in [-0.15, -0.1) is 0 Å². The third kappa shape index (κ3) is 5.35. The van der Waals surface area contributed by atoms with Gasteiger partial charge in [-0.3, -0.25) is 4.68 Å². The molecule has 4 rings (SSSR count). The number of aryl methyl sites for hydroxylation is 2. The second-order valence-electron chi connectivity index (χ2n) is 7.75. The lowest BCUT2D eigenvalue weighted by Gasteiger charge is -2.13. The smallest absolute Gasteiger partial charge is 0.191 e. The minimum Gasteiger partial charge on any atom is -0.357 e. The number of fused-ring (bicyclic) bond motifs is 1. The van der Waals surface area contributed by atoms with Crippen LogP contribution in [0.4, 0.5) is 0 Å². The minimum atomic E-state index is 0.623. The van der Waals surface area contributed by atoms with Gasteiger partial charge in [0.05, 0.1) is 24.1 Å². The number of para-hydroxylation sites is 2. The predicted molar refractivity (Wildman–Crippen MR) is 130 cm³/mol. The van der Waals surface area contributed by atoms with Crippen LogP contribution in [0.25, 0.3) is 11.0 Å². The topological polar surface area (TPSA) is 72.1 Å². The summed E-state index contributed by atoms with van der Waals surface area (Å²) in [7, 11) is 0. The van der Waals surface area contributed by atoms with Gasteiger partial charge in [-0.2, -0.15) is 5.10 Å². The predicted octanol–water partition coefficient (Wildman–Crippen LogP) is 3.73. The average molecular weight is 430 g/mol. The van der Waals surface area contributed by atoms with E-state index < -0.39 is 0 Å².